The average molecular weight is 374 g/mol. The fraction of sp³-hybridized carbons (Fsp3) is 0.294. The summed E-state index contributed by atoms with van der Waals surface area (Å²) in [7, 11) is 3.88. The van der Waals surface area contributed by atoms with Gasteiger partial charge in [-0.15, -0.1) is 0 Å². The summed E-state index contributed by atoms with van der Waals surface area (Å²) in [5.74, 6) is 0.236. The Labute approximate surface area is 154 Å². The fourth-order valence-electron chi connectivity index (χ4n) is 2.22. The molecule has 0 saturated carbocycles. The van der Waals surface area contributed by atoms with E-state index in [-0.39, 0.29) is 11.7 Å². The summed E-state index contributed by atoms with van der Waals surface area (Å²) in [5.41, 5.74) is 2.69. The largest absolute Gasteiger partial charge is 0.354 e. The minimum Gasteiger partial charge on any atom is -0.354 e. The number of carbonyl (C=O) groups is 1. The first-order valence-corrected chi connectivity index (χ1v) is 9.67. The summed E-state index contributed by atoms with van der Waals surface area (Å²) in [6, 6.07) is 7.90. The van der Waals surface area contributed by atoms with Gasteiger partial charge in [-0.3, -0.25) is 4.79 Å². The van der Waals surface area contributed by atoms with E-state index < -0.39 is 0 Å². The van der Waals surface area contributed by atoms with Crippen LogP contribution in [0.15, 0.2) is 35.6 Å². The summed E-state index contributed by atoms with van der Waals surface area (Å²) >= 11 is 2.93. The SMILES string of the molecule is CCc1cccc(NC(=O)CSc2ncnc3nc(N(C)C)sc23)c1. The first-order chi connectivity index (χ1) is 12.1. The third-order valence-electron chi connectivity index (χ3n) is 3.49. The van der Waals surface area contributed by atoms with E-state index in [9.17, 15) is 4.79 Å². The van der Waals surface area contributed by atoms with Crippen LogP contribution in [0.1, 0.15) is 12.5 Å². The van der Waals surface area contributed by atoms with Crippen LogP contribution in [0.4, 0.5) is 10.8 Å². The van der Waals surface area contributed by atoms with E-state index in [1.54, 1.807) is 0 Å². The second kappa shape index (κ2) is 7.79. The van der Waals surface area contributed by atoms with Crippen LogP contribution in [0.25, 0.3) is 10.3 Å². The highest BCUT2D eigenvalue weighted by Gasteiger charge is 2.13. The highest BCUT2D eigenvalue weighted by Crippen LogP contribution is 2.32. The number of aryl methyl sites for hydroxylation is 1. The minimum atomic E-state index is -0.0534. The van der Waals surface area contributed by atoms with Crippen LogP contribution in [0.3, 0.4) is 0 Å². The van der Waals surface area contributed by atoms with Crippen molar-refractivity contribution in [2.24, 2.45) is 0 Å². The molecule has 0 atom stereocenters. The molecule has 8 heteroatoms. The minimum absolute atomic E-state index is 0.0534. The van der Waals surface area contributed by atoms with Crippen LogP contribution >= 0.6 is 23.1 Å². The monoisotopic (exact) mass is 373 g/mol. The molecule has 0 aliphatic rings. The van der Waals surface area contributed by atoms with Crippen molar-refractivity contribution in [3.8, 4) is 0 Å². The van der Waals surface area contributed by atoms with Gasteiger partial charge in [-0.1, -0.05) is 42.2 Å². The van der Waals surface area contributed by atoms with Crippen molar-refractivity contribution in [2.75, 3.05) is 30.1 Å². The molecular weight excluding hydrogens is 354 g/mol. The summed E-state index contributed by atoms with van der Waals surface area (Å²) in [5, 5.41) is 4.59. The van der Waals surface area contributed by atoms with Crippen molar-refractivity contribution >= 4 is 50.2 Å². The van der Waals surface area contributed by atoms with Crippen molar-refractivity contribution in [3.05, 3.63) is 36.2 Å². The van der Waals surface area contributed by atoms with Gasteiger partial charge in [0.1, 0.15) is 16.1 Å². The molecule has 1 amide bonds. The van der Waals surface area contributed by atoms with Gasteiger partial charge in [-0.2, -0.15) is 4.98 Å². The zero-order valence-corrected chi connectivity index (χ0v) is 15.9. The van der Waals surface area contributed by atoms with Crippen molar-refractivity contribution in [2.45, 2.75) is 18.4 Å². The highest BCUT2D eigenvalue weighted by atomic mass is 32.2. The lowest BCUT2D eigenvalue weighted by molar-refractivity contribution is -0.113. The second-order valence-electron chi connectivity index (χ2n) is 5.61. The molecule has 0 aliphatic carbocycles. The number of anilines is 2. The van der Waals surface area contributed by atoms with E-state index in [0.29, 0.717) is 5.65 Å². The van der Waals surface area contributed by atoms with Gasteiger partial charge < -0.3 is 10.2 Å². The van der Waals surface area contributed by atoms with E-state index in [2.05, 4.69) is 27.2 Å². The fourth-order valence-corrected chi connectivity index (χ4v) is 4.03. The van der Waals surface area contributed by atoms with E-state index in [1.807, 2.05) is 43.3 Å². The normalized spacial score (nSPS) is 10.8. The summed E-state index contributed by atoms with van der Waals surface area (Å²) in [4.78, 5) is 27.2. The number of nitrogens with one attached hydrogen (secondary N) is 1. The smallest absolute Gasteiger partial charge is 0.234 e. The molecule has 1 aromatic carbocycles. The number of rotatable bonds is 6. The van der Waals surface area contributed by atoms with Gasteiger partial charge in [0.15, 0.2) is 10.8 Å². The lowest BCUT2D eigenvalue weighted by Crippen LogP contribution is -2.14. The molecule has 6 nitrogen and oxygen atoms in total. The molecular formula is C17H19N5OS2. The number of carbonyl (C=O) groups excluding carboxylic acids is 1. The Kier molecular flexibility index (Phi) is 5.50. The Bertz CT molecular complexity index is 894. The molecule has 25 heavy (non-hydrogen) atoms. The molecule has 0 unspecified atom stereocenters. The number of thiazole rings is 1. The quantitative estimate of drug-likeness (QED) is 0.527. The molecule has 0 bridgehead atoms. The lowest BCUT2D eigenvalue weighted by Gasteiger charge is -2.06. The number of thioether (sulfide) groups is 1. The van der Waals surface area contributed by atoms with E-state index >= 15 is 0 Å². The molecule has 0 aliphatic heterocycles. The predicted octanol–water partition coefficient (Wildman–Crippen LogP) is 3.45. The van der Waals surface area contributed by atoms with Gasteiger partial charge in [0.2, 0.25) is 5.91 Å². The number of hydrogen-bond donors (Lipinski definition) is 1. The van der Waals surface area contributed by atoms with Gasteiger partial charge in [0, 0.05) is 19.8 Å². The van der Waals surface area contributed by atoms with E-state index in [4.69, 9.17) is 0 Å². The number of nitrogens with zero attached hydrogens (tertiary/aromatic N) is 4. The van der Waals surface area contributed by atoms with Gasteiger partial charge in [-0.25, -0.2) is 9.97 Å². The zero-order valence-electron chi connectivity index (χ0n) is 14.3. The molecule has 130 valence electrons. The second-order valence-corrected chi connectivity index (χ2v) is 7.55. The van der Waals surface area contributed by atoms with Gasteiger partial charge in [0.25, 0.3) is 0 Å². The first kappa shape index (κ1) is 17.6. The third-order valence-corrected chi connectivity index (χ3v) is 5.83. The Morgan fingerprint density at radius 2 is 2.16 bits per heavy atom. The Morgan fingerprint density at radius 3 is 2.92 bits per heavy atom. The molecule has 3 rings (SSSR count). The van der Waals surface area contributed by atoms with E-state index in [0.717, 1.165) is 27.0 Å². The summed E-state index contributed by atoms with van der Waals surface area (Å²) < 4.78 is 0.914. The number of hydrogen-bond acceptors (Lipinski definition) is 7. The van der Waals surface area contributed by atoms with Gasteiger partial charge >= 0.3 is 0 Å². The topological polar surface area (TPSA) is 71.0 Å². The van der Waals surface area contributed by atoms with Gasteiger partial charge in [-0.05, 0) is 24.1 Å². The lowest BCUT2D eigenvalue weighted by atomic mass is 10.1. The van der Waals surface area contributed by atoms with Gasteiger partial charge in [0.05, 0.1) is 5.75 Å². The number of benzene rings is 1. The molecule has 0 fully saturated rings. The molecule has 1 N–H and O–H groups in total. The van der Waals surface area contributed by atoms with Crippen LogP contribution in [-0.4, -0.2) is 40.7 Å². The Hall–Kier alpha value is -2.19. The van der Waals surface area contributed by atoms with Crippen molar-refractivity contribution in [1.29, 1.82) is 0 Å². The maximum absolute atomic E-state index is 12.2. The number of aromatic nitrogens is 3. The average Bonchev–Trinajstić information content (AvgIpc) is 3.05. The van der Waals surface area contributed by atoms with Crippen LogP contribution in [0.5, 0.6) is 0 Å². The van der Waals surface area contributed by atoms with Crippen LogP contribution in [0, 0.1) is 0 Å². The molecule has 3 aromatic rings. The summed E-state index contributed by atoms with van der Waals surface area (Å²) in [6.07, 6.45) is 2.43. The van der Waals surface area contributed by atoms with Crippen molar-refractivity contribution < 1.29 is 4.79 Å². The third kappa shape index (κ3) is 4.26. The molecule has 0 saturated heterocycles. The molecule has 0 radical (unpaired) electrons. The van der Waals surface area contributed by atoms with Crippen molar-refractivity contribution in [1.82, 2.24) is 15.0 Å². The standard InChI is InChI=1S/C17H19N5OS2/c1-4-11-6-5-7-12(8-11)20-13(23)9-24-16-14-15(18-10-19-16)21-17(25-14)22(2)3/h5-8,10H,4,9H2,1-3H3,(H,20,23). The van der Waals surface area contributed by atoms with Crippen LogP contribution in [0.2, 0.25) is 0 Å². The molecule has 0 spiro atoms. The Balaban J connectivity index is 1.68. The van der Waals surface area contributed by atoms with Crippen molar-refractivity contribution in [3.63, 3.8) is 0 Å². The zero-order chi connectivity index (χ0) is 17.8. The van der Waals surface area contributed by atoms with Crippen LogP contribution < -0.4 is 10.2 Å². The van der Waals surface area contributed by atoms with Crippen LogP contribution in [-0.2, 0) is 11.2 Å². The van der Waals surface area contributed by atoms with E-state index in [1.165, 1.54) is 35.0 Å². The maximum Gasteiger partial charge on any atom is 0.234 e. The highest BCUT2D eigenvalue weighted by molar-refractivity contribution is 8.00. The Morgan fingerprint density at radius 1 is 1.32 bits per heavy atom. The first-order valence-electron chi connectivity index (χ1n) is 7.87. The summed E-state index contributed by atoms with van der Waals surface area (Å²) in [6.45, 7) is 2.09. The maximum atomic E-state index is 12.2. The molecule has 2 aromatic heterocycles. The molecule has 2 heterocycles. The number of fused-ring (bicyclic) bond motifs is 1. The predicted molar refractivity (Wildman–Crippen MR) is 105 cm³/mol. The number of amides is 1.